The molecule has 3 aliphatic carbocycles. The fourth-order valence-electron chi connectivity index (χ4n) is 5.25. The van der Waals surface area contributed by atoms with Gasteiger partial charge < -0.3 is 19.8 Å². The molecule has 0 aromatic heterocycles. The van der Waals surface area contributed by atoms with Gasteiger partial charge in [0.1, 0.15) is 5.75 Å². The van der Waals surface area contributed by atoms with Gasteiger partial charge in [-0.25, -0.2) is 0 Å². The third-order valence-corrected chi connectivity index (χ3v) is 6.92. The molecule has 5 rings (SSSR count). The first-order valence-corrected chi connectivity index (χ1v) is 9.06. The third kappa shape index (κ3) is 2.32. The molecule has 4 aliphatic rings. The van der Waals surface area contributed by atoms with Crippen LogP contribution in [0.25, 0.3) is 0 Å². The molecule has 1 saturated heterocycles. The van der Waals surface area contributed by atoms with Gasteiger partial charge in [-0.15, -0.1) is 0 Å². The number of hydrogen-bond donors (Lipinski definition) is 1. The van der Waals surface area contributed by atoms with Crippen molar-refractivity contribution in [2.24, 2.45) is 23.0 Å². The second kappa shape index (κ2) is 5.48. The zero-order chi connectivity index (χ0) is 17.1. The van der Waals surface area contributed by atoms with E-state index < -0.39 is 0 Å². The average Bonchev–Trinajstić information content (AvgIpc) is 2.92. The molecule has 1 aliphatic heterocycles. The molecular formula is C19H28BNO3. The van der Waals surface area contributed by atoms with Crippen molar-refractivity contribution in [2.75, 3.05) is 7.11 Å². The standard InChI is InChI=1S/C19H28BNO3/c1-18(2)13-10-15(18)19(3)16(11-13)23-20(24-19)17(21)9-12-6-5-7-14(8-12)22-4/h5-8,13,15-17H,9-11,21H2,1-4H3/t13-,15-,16+,17?,19-/m0/s1. The Morgan fingerprint density at radius 1 is 1.33 bits per heavy atom. The van der Waals surface area contributed by atoms with E-state index in [1.807, 2.05) is 18.2 Å². The van der Waals surface area contributed by atoms with Crippen molar-refractivity contribution >= 4 is 7.12 Å². The molecule has 5 heteroatoms. The van der Waals surface area contributed by atoms with E-state index in [4.69, 9.17) is 19.8 Å². The summed E-state index contributed by atoms with van der Waals surface area (Å²) in [5.41, 5.74) is 7.78. The van der Waals surface area contributed by atoms with Crippen LogP contribution in [0.4, 0.5) is 0 Å². The van der Waals surface area contributed by atoms with E-state index in [1.165, 1.54) is 6.42 Å². The number of ether oxygens (including phenoxy) is 1. The maximum absolute atomic E-state index is 6.45. The Morgan fingerprint density at radius 2 is 2.12 bits per heavy atom. The van der Waals surface area contributed by atoms with E-state index in [0.29, 0.717) is 11.3 Å². The SMILES string of the molecule is COc1cccc(CC(N)B2O[C@@H]3C[C@@H]4C[C@@H](C4(C)C)[C@]3(C)O2)c1. The topological polar surface area (TPSA) is 53.7 Å². The molecule has 1 aromatic rings. The Balaban J connectivity index is 1.46. The zero-order valence-corrected chi connectivity index (χ0v) is 15.1. The molecular weight excluding hydrogens is 301 g/mol. The van der Waals surface area contributed by atoms with E-state index >= 15 is 0 Å². The lowest BCUT2D eigenvalue weighted by atomic mass is 9.43. The number of hydrogen-bond acceptors (Lipinski definition) is 4. The van der Waals surface area contributed by atoms with Crippen molar-refractivity contribution < 1.29 is 14.0 Å². The van der Waals surface area contributed by atoms with Gasteiger partial charge in [0.2, 0.25) is 0 Å². The van der Waals surface area contributed by atoms with Crippen LogP contribution in [-0.2, 0) is 15.7 Å². The van der Waals surface area contributed by atoms with Crippen LogP contribution in [0.2, 0.25) is 0 Å². The lowest BCUT2D eigenvalue weighted by molar-refractivity contribution is -0.199. The molecule has 3 saturated carbocycles. The van der Waals surface area contributed by atoms with Crippen LogP contribution >= 0.6 is 0 Å². The van der Waals surface area contributed by atoms with Gasteiger partial charge in [-0.1, -0.05) is 26.0 Å². The van der Waals surface area contributed by atoms with Crippen LogP contribution in [0.15, 0.2) is 24.3 Å². The third-order valence-electron chi connectivity index (χ3n) is 6.92. The monoisotopic (exact) mass is 329 g/mol. The molecule has 2 N–H and O–H groups in total. The van der Waals surface area contributed by atoms with Gasteiger partial charge in [0, 0.05) is 5.94 Å². The summed E-state index contributed by atoms with van der Waals surface area (Å²) >= 11 is 0. The molecule has 130 valence electrons. The molecule has 2 bridgehead atoms. The Labute approximate surface area is 145 Å². The molecule has 0 spiro atoms. The molecule has 1 unspecified atom stereocenters. The summed E-state index contributed by atoms with van der Waals surface area (Å²) in [6.45, 7) is 6.98. The molecule has 4 fully saturated rings. The Hall–Kier alpha value is -1.04. The van der Waals surface area contributed by atoms with Crippen LogP contribution in [-0.4, -0.2) is 31.9 Å². The molecule has 1 aromatic carbocycles. The second-order valence-electron chi connectivity index (χ2n) is 8.56. The molecule has 5 atom stereocenters. The van der Waals surface area contributed by atoms with Crippen molar-refractivity contribution in [3.63, 3.8) is 0 Å². The normalized spacial score (nSPS) is 37.5. The first-order chi connectivity index (χ1) is 11.3. The van der Waals surface area contributed by atoms with E-state index in [0.717, 1.165) is 30.1 Å². The van der Waals surface area contributed by atoms with Crippen molar-refractivity contribution in [3.8, 4) is 5.75 Å². The highest BCUT2D eigenvalue weighted by atomic mass is 16.7. The summed E-state index contributed by atoms with van der Waals surface area (Å²) in [4.78, 5) is 0. The molecule has 0 amide bonds. The summed E-state index contributed by atoms with van der Waals surface area (Å²) in [5, 5.41) is 0. The lowest BCUT2D eigenvalue weighted by Gasteiger charge is -2.64. The highest BCUT2D eigenvalue weighted by Gasteiger charge is 2.68. The van der Waals surface area contributed by atoms with Gasteiger partial charge in [-0.3, -0.25) is 0 Å². The van der Waals surface area contributed by atoms with Gasteiger partial charge in [-0.2, -0.15) is 0 Å². The van der Waals surface area contributed by atoms with Crippen LogP contribution in [0, 0.1) is 17.3 Å². The number of nitrogens with two attached hydrogens (primary N) is 1. The Bertz CT molecular complexity index is 637. The molecule has 0 radical (unpaired) electrons. The van der Waals surface area contributed by atoms with Gasteiger partial charge >= 0.3 is 7.12 Å². The molecule has 1 heterocycles. The minimum atomic E-state index is -0.318. The summed E-state index contributed by atoms with van der Waals surface area (Å²) < 4.78 is 18.0. The summed E-state index contributed by atoms with van der Waals surface area (Å²) in [7, 11) is 1.36. The number of methoxy groups -OCH3 is 1. The minimum Gasteiger partial charge on any atom is -0.497 e. The van der Waals surface area contributed by atoms with Gasteiger partial charge in [0.25, 0.3) is 0 Å². The minimum absolute atomic E-state index is 0.167. The number of rotatable bonds is 4. The van der Waals surface area contributed by atoms with Crippen LogP contribution in [0.3, 0.4) is 0 Å². The summed E-state index contributed by atoms with van der Waals surface area (Å²) in [6.07, 6.45) is 3.28. The quantitative estimate of drug-likeness (QED) is 0.863. The van der Waals surface area contributed by atoms with E-state index in [9.17, 15) is 0 Å². The largest absolute Gasteiger partial charge is 0.497 e. The van der Waals surface area contributed by atoms with Crippen molar-refractivity contribution in [1.82, 2.24) is 0 Å². The average molecular weight is 329 g/mol. The Morgan fingerprint density at radius 3 is 2.83 bits per heavy atom. The van der Waals surface area contributed by atoms with Crippen LogP contribution in [0.5, 0.6) is 5.75 Å². The number of benzene rings is 1. The van der Waals surface area contributed by atoms with Gasteiger partial charge in [0.05, 0.1) is 18.8 Å². The van der Waals surface area contributed by atoms with Crippen molar-refractivity contribution in [2.45, 2.75) is 57.7 Å². The highest BCUT2D eigenvalue weighted by molar-refractivity contribution is 6.47. The van der Waals surface area contributed by atoms with E-state index in [-0.39, 0.29) is 24.8 Å². The fourth-order valence-corrected chi connectivity index (χ4v) is 5.25. The van der Waals surface area contributed by atoms with Crippen molar-refractivity contribution in [3.05, 3.63) is 29.8 Å². The smallest absolute Gasteiger partial charge is 0.475 e. The van der Waals surface area contributed by atoms with Gasteiger partial charge in [0.15, 0.2) is 0 Å². The first-order valence-electron chi connectivity index (χ1n) is 9.06. The molecule has 24 heavy (non-hydrogen) atoms. The lowest BCUT2D eigenvalue weighted by Crippen LogP contribution is -2.65. The maximum Gasteiger partial charge on any atom is 0.475 e. The van der Waals surface area contributed by atoms with E-state index in [1.54, 1.807) is 7.11 Å². The van der Waals surface area contributed by atoms with Crippen molar-refractivity contribution in [1.29, 1.82) is 0 Å². The second-order valence-corrected chi connectivity index (χ2v) is 8.56. The molecule has 4 nitrogen and oxygen atoms in total. The first kappa shape index (κ1) is 16.4. The van der Waals surface area contributed by atoms with Crippen LogP contribution in [0.1, 0.15) is 39.2 Å². The van der Waals surface area contributed by atoms with E-state index in [2.05, 4.69) is 26.8 Å². The maximum atomic E-state index is 6.45. The Kier molecular flexibility index (Phi) is 3.75. The van der Waals surface area contributed by atoms with Crippen LogP contribution < -0.4 is 10.5 Å². The summed E-state index contributed by atoms with van der Waals surface area (Å²) in [5.74, 6) is 2.02. The zero-order valence-electron chi connectivity index (χ0n) is 15.1. The predicted molar refractivity (Wildman–Crippen MR) is 94.8 cm³/mol. The summed E-state index contributed by atoms with van der Waals surface area (Å²) in [6, 6.07) is 8.05. The fraction of sp³-hybridized carbons (Fsp3) is 0.684. The van der Waals surface area contributed by atoms with Gasteiger partial charge in [-0.05, 0) is 61.1 Å². The highest BCUT2D eigenvalue weighted by Crippen LogP contribution is 2.65. The predicted octanol–water partition coefficient (Wildman–Crippen LogP) is 2.83.